The number of carbonyl (C=O) groups excluding carboxylic acids is 2. The van der Waals surface area contributed by atoms with Crippen molar-refractivity contribution in [2.45, 2.75) is 45.4 Å². The van der Waals surface area contributed by atoms with Gasteiger partial charge in [-0.05, 0) is 79.7 Å². The third-order valence-electron chi connectivity index (χ3n) is 8.86. The summed E-state index contributed by atoms with van der Waals surface area (Å²) in [7, 11) is 1.72. The van der Waals surface area contributed by atoms with E-state index in [2.05, 4.69) is 30.0 Å². The van der Waals surface area contributed by atoms with Gasteiger partial charge in [-0.2, -0.15) is 0 Å². The fourth-order valence-corrected chi connectivity index (χ4v) is 6.68. The van der Waals surface area contributed by atoms with Gasteiger partial charge in [0, 0.05) is 37.2 Å². The number of nitrogens with zero attached hydrogens (tertiary/aromatic N) is 2. The minimum absolute atomic E-state index is 0.0766. The van der Waals surface area contributed by atoms with Crippen molar-refractivity contribution in [3.8, 4) is 5.75 Å². The zero-order valence-electron chi connectivity index (χ0n) is 21.1. The predicted molar refractivity (Wildman–Crippen MR) is 137 cm³/mol. The molecule has 5 heteroatoms. The van der Waals surface area contributed by atoms with Gasteiger partial charge < -0.3 is 14.5 Å². The van der Waals surface area contributed by atoms with Crippen LogP contribution in [0.25, 0.3) is 0 Å². The standard InChI is InChI=1S/C30H38N2O3/c1-30(14-16-31(17-15-30)28(33)23-9-4-3-5-10-23)29(34)32-20-25-12-7-11-24(27(25)21-32)18-22-8-6-13-26(19-22)35-2/h3-6,8-10,13,19,24-25,27H,7,11-12,14-18,20-21H2,1-2H3/t24-,25-,27-/m1/s1. The first-order valence-corrected chi connectivity index (χ1v) is 13.2. The van der Waals surface area contributed by atoms with E-state index >= 15 is 0 Å². The average molecular weight is 475 g/mol. The van der Waals surface area contributed by atoms with Crippen molar-refractivity contribution in [1.29, 1.82) is 0 Å². The van der Waals surface area contributed by atoms with E-state index in [1.54, 1.807) is 7.11 Å². The molecule has 2 aromatic rings. The largest absolute Gasteiger partial charge is 0.497 e. The second-order valence-corrected chi connectivity index (χ2v) is 11.1. The molecule has 0 bridgehead atoms. The van der Waals surface area contributed by atoms with Crippen molar-refractivity contribution in [3.05, 3.63) is 65.7 Å². The number of hydrogen-bond acceptors (Lipinski definition) is 3. The van der Waals surface area contributed by atoms with E-state index < -0.39 is 0 Å². The van der Waals surface area contributed by atoms with Crippen molar-refractivity contribution >= 4 is 11.8 Å². The Kier molecular flexibility index (Phi) is 6.86. The van der Waals surface area contributed by atoms with Gasteiger partial charge in [-0.15, -0.1) is 0 Å². The van der Waals surface area contributed by atoms with Crippen LogP contribution in [-0.4, -0.2) is 54.9 Å². The number of piperidine rings is 1. The van der Waals surface area contributed by atoms with Gasteiger partial charge in [-0.1, -0.05) is 43.7 Å². The van der Waals surface area contributed by atoms with Crippen molar-refractivity contribution in [2.75, 3.05) is 33.3 Å². The molecular weight excluding hydrogens is 436 g/mol. The zero-order valence-corrected chi connectivity index (χ0v) is 21.1. The number of carbonyl (C=O) groups is 2. The Labute approximate surface area is 209 Å². The Balaban J connectivity index is 1.21. The number of benzene rings is 2. The molecule has 35 heavy (non-hydrogen) atoms. The Morgan fingerprint density at radius 3 is 2.49 bits per heavy atom. The van der Waals surface area contributed by atoms with E-state index in [1.807, 2.05) is 41.3 Å². The number of hydrogen-bond donors (Lipinski definition) is 0. The minimum atomic E-state index is -0.372. The van der Waals surface area contributed by atoms with Crippen LogP contribution >= 0.6 is 0 Å². The highest BCUT2D eigenvalue weighted by molar-refractivity contribution is 5.94. The molecule has 186 valence electrons. The first-order valence-electron chi connectivity index (χ1n) is 13.2. The maximum absolute atomic E-state index is 13.8. The van der Waals surface area contributed by atoms with Crippen molar-refractivity contribution in [3.63, 3.8) is 0 Å². The predicted octanol–water partition coefficient (Wildman–Crippen LogP) is 5.05. The van der Waals surface area contributed by atoms with E-state index in [0.29, 0.717) is 36.8 Å². The van der Waals surface area contributed by atoms with Gasteiger partial charge in [0.05, 0.1) is 7.11 Å². The van der Waals surface area contributed by atoms with Crippen LogP contribution in [0.3, 0.4) is 0 Å². The third-order valence-corrected chi connectivity index (χ3v) is 8.86. The topological polar surface area (TPSA) is 49.9 Å². The molecule has 0 radical (unpaired) electrons. The second kappa shape index (κ2) is 10.0. The third kappa shape index (κ3) is 4.96. The normalized spacial score (nSPS) is 25.7. The lowest BCUT2D eigenvalue weighted by molar-refractivity contribution is -0.142. The molecule has 0 aromatic heterocycles. The first kappa shape index (κ1) is 23.9. The lowest BCUT2D eigenvalue weighted by atomic mass is 9.71. The maximum Gasteiger partial charge on any atom is 0.253 e. The highest BCUT2D eigenvalue weighted by Crippen LogP contribution is 2.44. The molecule has 2 aliphatic heterocycles. The van der Waals surface area contributed by atoms with E-state index in [4.69, 9.17) is 4.74 Å². The lowest BCUT2D eigenvalue weighted by Crippen LogP contribution is -2.49. The fourth-order valence-electron chi connectivity index (χ4n) is 6.68. The summed E-state index contributed by atoms with van der Waals surface area (Å²) in [5, 5.41) is 0. The Hall–Kier alpha value is -2.82. The Morgan fingerprint density at radius 2 is 1.74 bits per heavy atom. The van der Waals surface area contributed by atoms with Gasteiger partial charge in [0.15, 0.2) is 0 Å². The minimum Gasteiger partial charge on any atom is -0.497 e. The smallest absolute Gasteiger partial charge is 0.253 e. The number of ether oxygens (including phenoxy) is 1. The highest BCUT2D eigenvalue weighted by Gasteiger charge is 2.47. The number of rotatable bonds is 5. The molecule has 1 saturated carbocycles. The van der Waals surface area contributed by atoms with Crippen LogP contribution < -0.4 is 4.74 Å². The molecular formula is C30H38N2O3. The molecule has 2 aromatic carbocycles. The quantitative estimate of drug-likeness (QED) is 0.609. The molecule has 0 spiro atoms. The number of fused-ring (bicyclic) bond motifs is 1. The van der Waals surface area contributed by atoms with E-state index in [-0.39, 0.29) is 11.3 Å². The summed E-state index contributed by atoms with van der Waals surface area (Å²) in [6, 6.07) is 17.9. The van der Waals surface area contributed by atoms with Crippen molar-refractivity contribution in [1.82, 2.24) is 9.80 Å². The summed E-state index contributed by atoms with van der Waals surface area (Å²) in [5.74, 6) is 3.13. The van der Waals surface area contributed by atoms with Crippen LogP contribution in [0.2, 0.25) is 0 Å². The zero-order chi connectivity index (χ0) is 24.4. The number of likely N-dealkylation sites (tertiary alicyclic amines) is 2. The van der Waals surface area contributed by atoms with Crippen LogP contribution in [0.5, 0.6) is 5.75 Å². The molecule has 0 unspecified atom stereocenters. The molecule has 5 nitrogen and oxygen atoms in total. The summed E-state index contributed by atoms with van der Waals surface area (Å²) in [6.45, 7) is 5.21. The van der Waals surface area contributed by atoms with E-state index in [1.165, 1.54) is 24.8 Å². The molecule has 0 N–H and O–H groups in total. The molecule has 3 fully saturated rings. The summed E-state index contributed by atoms with van der Waals surface area (Å²) in [4.78, 5) is 30.7. The number of methoxy groups -OCH3 is 1. The van der Waals surface area contributed by atoms with Gasteiger partial charge >= 0.3 is 0 Å². The molecule has 5 rings (SSSR count). The van der Waals surface area contributed by atoms with Crippen molar-refractivity contribution in [2.24, 2.45) is 23.2 Å². The lowest BCUT2D eigenvalue weighted by Gasteiger charge is -2.40. The summed E-state index contributed by atoms with van der Waals surface area (Å²) < 4.78 is 5.43. The molecule has 2 heterocycles. The van der Waals surface area contributed by atoms with Gasteiger partial charge in [-0.25, -0.2) is 0 Å². The summed E-state index contributed by atoms with van der Waals surface area (Å²) in [5.41, 5.74) is 1.69. The first-order chi connectivity index (χ1) is 17.0. The SMILES string of the molecule is COc1cccc(C[C@H]2CCC[C@@H]3CN(C(=O)C4(C)CCN(C(=O)c5ccccc5)CC4)C[C@H]23)c1. The van der Waals surface area contributed by atoms with E-state index in [0.717, 1.165) is 43.7 Å². The van der Waals surface area contributed by atoms with Gasteiger partial charge in [0.1, 0.15) is 5.75 Å². The molecule has 1 aliphatic carbocycles. The van der Waals surface area contributed by atoms with E-state index in [9.17, 15) is 9.59 Å². The molecule has 2 saturated heterocycles. The number of amides is 2. The molecule has 3 aliphatic rings. The summed E-state index contributed by atoms with van der Waals surface area (Å²) >= 11 is 0. The Morgan fingerprint density at radius 1 is 0.971 bits per heavy atom. The van der Waals surface area contributed by atoms with Gasteiger partial charge in [0.2, 0.25) is 5.91 Å². The van der Waals surface area contributed by atoms with Crippen LogP contribution in [0, 0.1) is 23.2 Å². The molecule has 2 amide bonds. The van der Waals surface area contributed by atoms with Crippen LogP contribution in [0.4, 0.5) is 0 Å². The second-order valence-electron chi connectivity index (χ2n) is 11.1. The van der Waals surface area contributed by atoms with Crippen LogP contribution in [0.1, 0.15) is 54.9 Å². The van der Waals surface area contributed by atoms with Crippen LogP contribution in [0.15, 0.2) is 54.6 Å². The fraction of sp³-hybridized carbons (Fsp3) is 0.533. The Bertz CT molecular complexity index is 1040. The monoisotopic (exact) mass is 474 g/mol. The highest BCUT2D eigenvalue weighted by atomic mass is 16.5. The average Bonchev–Trinajstić information content (AvgIpc) is 3.34. The van der Waals surface area contributed by atoms with Gasteiger partial charge in [0.25, 0.3) is 5.91 Å². The van der Waals surface area contributed by atoms with Gasteiger partial charge in [-0.3, -0.25) is 9.59 Å². The molecule has 3 atom stereocenters. The maximum atomic E-state index is 13.8. The van der Waals surface area contributed by atoms with Crippen molar-refractivity contribution < 1.29 is 14.3 Å². The van der Waals surface area contributed by atoms with Crippen LogP contribution in [-0.2, 0) is 11.2 Å². The summed E-state index contributed by atoms with van der Waals surface area (Å²) in [6.07, 6.45) is 6.28.